The third-order valence-corrected chi connectivity index (χ3v) is 7.18. The van der Waals surface area contributed by atoms with Crippen molar-refractivity contribution in [2.75, 3.05) is 27.9 Å². The van der Waals surface area contributed by atoms with Gasteiger partial charge < -0.3 is 37.9 Å². The SMILES string of the molecule is COc1ccc(COC2COC(OC(=N)C(Cl)(Cl)Cl)C(OC(=O)c3ccc(OC)cc3)C2OCc2ccc(OC)cc2)cc1. The zero-order valence-electron chi connectivity index (χ0n) is 24.2. The molecular weight excluding hydrogens is 637 g/mol. The average Bonchev–Trinajstić information content (AvgIpc) is 3.04. The number of nitrogens with one attached hydrogen (secondary N) is 1. The van der Waals surface area contributed by atoms with Crippen LogP contribution >= 0.6 is 34.8 Å². The van der Waals surface area contributed by atoms with Gasteiger partial charge in [-0.15, -0.1) is 0 Å². The standard InChI is InChI=1S/C31H32Cl3NO9/c1-37-22-10-4-19(5-11-22)16-40-25-18-42-29(44-30(35)31(32,33)34)27(43-28(36)21-8-14-24(39-3)15-9-21)26(25)41-17-20-6-12-23(38-2)13-7-20/h4-15,25-27,29,35H,16-18H2,1-3H3. The summed E-state index contributed by atoms with van der Waals surface area (Å²) in [5.41, 5.74) is 1.91. The van der Waals surface area contributed by atoms with Crippen molar-refractivity contribution < 1.29 is 42.7 Å². The summed E-state index contributed by atoms with van der Waals surface area (Å²) in [6.07, 6.45) is -4.27. The lowest BCUT2D eigenvalue weighted by Crippen LogP contribution is -2.58. The van der Waals surface area contributed by atoms with E-state index in [1.165, 1.54) is 7.11 Å². The minimum Gasteiger partial charge on any atom is -0.497 e. The number of halogens is 3. The molecule has 44 heavy (non-hydrogen) atoms. The first-order chi connectivity index (χ1) is 21.1. The monoisotopic (exact) mass is 667 g/mol. The van der Waals surface area contributed by atoms with E-state index in [1.54, 1.807) is 50.6 Å². The molecule has 1 heterocycles. The van der Waals surface area contributed by atoms with Crippen molar-refractivity contribution in [1.29, 1.82) is 5.41 Å². The lowest BCUT2D eigenvalue weighted by molar-refractivity contribution is -0.268. The average molecular weight is 669 g/mol. The van der Waals surface area contributed by atoms with Crippen LogP contribution < -0.4 is 14.2 Å². The summed E-state index contributed by atoms with van der Waals surface area (Å²) < 4.78 is 43.5. The van der Waals surface area contributed by atoms with Crippen molar-refractivity contribution in [3.8, 4) is 17.2 Å². The van der Waals surface area contributed by atoms with E-state index in [0.29, 0.717) is 17.2 Å². The zero-order valence-corrected chi connectivity index (χ0v) is 26.4. The molecule has 0 aliphatic carbocycles. The van der Waals surface area contributed by atoms with Crippen LogP contribution in [-0.4, -0.2) is 68.2 Å². The van der Waals surface area contributed by atoms with Crippen LogP contribution in [0.15, 0.2) is 72.8 Å². The summed E-state index contributed by atoms with van der Waals surface area (Å²) in [6, 6.07) is 21.0. The molecule has 1 saturated heterocycles. The van der Waals surface area contributed by atoms with Crippen molar-refractivity contribution in [3.63, 3.8) is 0 Å². The first kappa shape index (κ1) is 33.6. The van der Waals surface area contributed by atoms with Gasteiger partial charge >= 0.3 is 5.97 Å². The number of hydrogen-bond acceptors (Lipinski definition) is 10. The van der Waals surface area contributed by atoms with Gasteiger partial charge in [-0.2, -0.15) is 0 Å². The van der Waals surface area contributed by atoms with E-state index in [4.69, 9.17) is 78.1 Å². The van der Waals surface area contributed by atoms with Gasteiger partial charge in [-0.1, -0.05) is 59.1 Å². The van der Waals surface area contributed by atoms with Gasteiger partial charge in [0.05, 0.1) is 46.7 Å². The van der Waals surface area contributed by atoms with E-state index in [9.17, 15) is 4.79 Å². The number of carbonyl (C=O) groups excluding carboxylic acids is 1. The highest BCUT2D eigenvalue weighted by Gasteiger charge is 2.48. The van der Waals surface area contributed by atoms with E-state index >= 15 is 0 Å². The molecule has 10 nitrogen and oxygen atoms in total. The van der Waals surface area contributed by atoms with E-state index in [0.717, 1.165) is 11.1 Å². The molecule has 0 amide bonds. The molecular formula is C31H32Cl3NO9. The number of alkyl halides is 3. The van der Waals surface area contributed by atoms with Crippen molar-refractivity contribution in [1.82, 2.24) is 0 Å². The topological polar surface area (TPSA) is 115 Å². The van der Waals surface area contributed by atoms with Crippen molar-refractivity contribution >= 4 is 46.7 Å². The molecule has 236 valence electrons. The summed E-state index contributed by atoms with van der Waals surface area (Å²) in [7, 11) is 4.68. The molecule has 4 unspecified atom stereocenters. The molecule has 0 aromatic heterocycles. The third kappa shape index (κ3) is 9.13. The van der Waals surface area contributed by atoms with Gasteiger partial charge in [0.2, 0.25) is 12.2 Å². The normalized spacial score (nSPS) is 20.0. The highest BCUT2D eigenvalue weighted by Crippen LogP contribution is 2.32. The Morgan fingerprint density at radius 2 is 1.23 bits per heavy atom. The minimum atomic E-state index is -2.19. The number of esters is 1. The number of methoxy groups -OCH3 is 3. The Balaban J connectivity index is 1.62. The highest BCUT2D eigenvalue weighted by atomic mass is 35.6. The molecule has 13 heteroatoms. The van der Waals surface area contributed by atoms with Crippen molar-refractivity contribution in [2.45, 2.75) is 41.6 Å². The molecule has 3 aromatic rings. The Kier molecular flexibility index (Phi) is 12.0. The van der Waals surface area contributed by atoms with Crippen LogP contribution in [-0.2, 0) is 36.9 Å². The molecule has 1 aliphatic rings. The molecule has 1 N–H and O–H groups in total. The van der Waals surface area contributed by atoms with Crippen LogP contribution in [0.25, 0.3) is 0 Å². The largest absolute Gasteiger partial charge is 0.497 e. The molecule has 1 fully saturated rings. The Labute approximate surface area is 270 Å². The predicted octanol–water partition coefficient (Wildman–Crippen LogP) is 6.13. The maximum Gasteiger partial charge on any atom is 0.338 e. The number of rotatable bonds is 12. The molecule has 0 spiro atoms. The van der Waals surface area contributed by atoms with Crippen molar-refractivity contribution in [3.05, 3.63) is 89.5 Å². The van der Waals surface area contributed by atoms with Crippen LogP contribution in [0.5, 0.6) is 17.2 Å². The van der Waals surface area contributed by atoms with Gasteiger partial charge in [-0.05, 0) is 59.7 Å². The predicted molar refractivity (Wildman–Crippen MR) is 164 cm³/mol. The van der Waals surface area contributed by atoms with E-state index in [-0.39, 0.29) is 25.4 Å². The Hall–Kier alpha value is -3.25. The first-order valence-corrected chi connectivity index (χ1v) is 14.5. The van der Waals surface area contributed by atoms with E-state index in [1.807, 2.05) is 36.4 Å². The summed E-state index contributed by atoms with van der Waals surface area (Å²) >= 11 is 17.6. The quantitative estimate of drug-likeness (QED) is 0.105. The van der Waals surface area contributed by atoms with Gasteiger partial charge in [-0.25, -0.2) is 4.79 Å². The molecule has 4 rings (SSSR count). The van der Waals surface area contributed by atoms with Crippen LogP contribution in [0.2, 0.25) is 0 Å². The summed E-state index contributed by atoms with van der Waals surface area (Å²) in [5.74, 6) is 0.532. The Morgan fingerprint density at radius 1 is 0.750 bits per heavy atom. The Bertz CT molecular complexity index is 1370. The van der Waals surface area contributed by atoms with Crippen LogP contribution in [0, 0.1) is 5.41 Å². The molecule has 0 saturated carbocycles. The van der Waals surface area contributed by atoms with E-state index < -0.39 is 40.3 Å². The fourth-order valence-corrected chi connectivity index (χ4v) is 4.39. The fraction of sp³-hybridized carbons (Fsp3) is 0.355. The van der Waals surface area contributed by atoms with Crippen LogP contribution in [0.3, 0.4) is 0 Å². The first-order valence-electron chi connectivity index (χ1n) is 13.4. The number of carbonyl (C=O) groups is 1. The zero-order chi connectivity index (χ0) is 31.7. The summed E-state index contributed by atoms with van der Waals surface area (Å²) in [6.45, 7) is 0.259. The highest BCUT2D eigenvalue weighted by molar-refractivity contribution is 6.76. The van der Waals surface area contributed by atoms with Crippen LogP contribution in [0.4, 0.5) is 0 Å². The van der Waals surface area contributed by atoms with E-state index in [2.05, 4.69) is 0 Å². The summed E-state index contributed by atoms with van der Waals surface area (Å²) in [5, 5.41) is 8.13. The lowest BCUT2D eigenvalue weighted by Gasteiger charge is -2.41. The number of ether oxygens (including phenoxy) is 8. The van der Waals surface area contributed by atoms with Crippen molar-refractivity contribution in [2.24, 2.45) is 0 Å². The fourth-order valence-electron chi connectivity index (χ4n) is 4.26. The molecule has 3 aromatic carbocycles. The maximum absolute atomic E-state index is 13.3. The van der Waals surface area contributed by atoms with Gasteiger partial charge in [0.1, 0.15) is 29.5 Å². The minimum absolute atomic E-state index is 0.0438. The molecule has 1 aliphatic heterocycles. The molecule has 0 radical (unpaired) electrons. The summed E-state index contributed by atoms with van der Waals surface area (Å²) in [4.78, 5) is 13.3. The molecule has 0 bridgehead atoms. The second-order valence-corrected chi connectivity index (χ2v) is 11.8. The second-order valence-electron chi connectivity index (χ2n) is 9.57. The second kappa shape index (κ2) is 15.7. The molecule has 4 atom stereocenters. The maximum atomic E-state index is 13.3. The smallest absolute Gasteiger partial charge is 0.338 e. The Morgan fingerprint density at radius 3 is 1.70 bits per heavy atom. The van der Waals surface area contributed by atoms with Gasteiger partial charge in [0, 0.05) is 0 Å². The van der Waals surface area contributed by atoms with Gasteiger partial charge in [-0.3, -0.25) is 5.41 Å². The number of benzene rings is 3. The van der Waals surface area contributed by atoms with Gasteiger partial charge in [0.25, 0.3) is 3.79 Å². The van der Waals surface area contributed by atoms with Crippen LogP contribution in [0.1, 0.15) is 21.5 Å². The lowest BCUT2D eigenvalue weighted by atomic mass is 10.0. The van der Waals surface area contributed by atoms with Gasteiger partial charge in [0.15, 0.2) is 6.10 Å². The number of hydrogen-bond donors (Lipinski definition) is 1. The third-order valence-electron chi connectivity index (χ3n) is 6.67.